The van der Waals surface area contributed by atoms with Crippen LogP contribution in [0.4, 0.5) is 5.69 Å². The van der Waals surface area contributed by atoms with E-state index < -0.39 is 0 Å². The van der Waals surface area contributed by atoms with Crippen LogP contribution in [0, 0.1) is 0 Å². The Kier molecular flexibility index (Phi) is 3.64. The molecule has 2 N–H and O–H groups in total. The van der Waals surface area contributed by atoms with E-state index in [1.807, 2.05) is 12.1 Å². The quantitative estimate of drug-likeness (QED) is 0.472. The molecule has 0 saturated carbocycles. The van der Waals surface area contributed by atoms with E-state index in [-0.39, 0.29) is 5.41 Å². The van der Waals surface area contributed by atoms with Crippen LogP contribution in [0.5, 0.6) is 0 Å². The number of anilines is 1. The fraction of sp³-hybridized carbons (Fsp3) is 0.261. The van der Waals surface area contributed by atoms with Crippen molar-refractivity contribution in [2.24, 2.45) is 0 Å². The summed E-state index contributed by atoms with van der Waals surface area (Å²) in [5, 5.41) is 3.68. The van der Waals surface area contributed by atoms with Gasteiger partial charge in [0.15, 0.2) is 0 Å². The largest absolute Gasteiger partial charge is 0.399 e. The van der Waals surface area contributed by atoms with Crippen molar-refractivity contribution in [1.82, 2.24) is 4.98 Å². The molecule has 0 saturated heterocycles. The first-order chi connectivity index (χ1) is 12.0. The third-order valence-electron chi connectivity index (χ3n) is 5.30. The minimum Gasteiger partial charge on any atom is -0.399 e. The number of aromatic nitrogens is 1. The number of benzene rings is 2. The normalized spacial score (nSPS) is 20.0. The van der Waals surface area contributed by atoms with Gasteiger partial charge in [0.25, 0.3) is 0 Å². The molecule has 0 fully saturated rings. The SMILES string of the molecule is CC(C)c1ccc2c(c1)c(C1(C)C=CC=CC1)nc1cc(N)ccc12. The van der Waals surface area contributed by atoms with E-state index in [0.29, 0.717) is 5.92 Å². The summed E-state index contributed by atoms with van der Waals surface area (Å²) in [7, 11) is 0. The number of fused-ring (bicyclic) bond motifs is 3. The van der Waals surface area contributed by atoms with Gasteiger partial charge in [0, 0.05) is 21.9 Å². The lowest BCUT2D eigenvalue weighted by molar-refractivity contribution is 0.587. The fourth-order valence-electron chi connectivity index (χ4n) is 3.74. The average Bonchev–Trinajstić information content (AvgIpc) is 2.60. The molecule has 0 spiro atoms. The zero-order chi connectivity index (χ0) is 17.6. The molecule has 1 heterocycles. The molecule has 2 aromatic carbocycles. The van der Waals surface area contributed by atoms with Gasteiger partial charge in [-0.1, -0.05) is 63.3 Å². The standard InChI is InChI=1S/C23H24N2/c1-15(2)16-7-9-18-19-10-8-17(24)14-21(19)25-22(20(18)13-16)23(3)11-5-4-6-12-23/h4-11,13-15H,12,24H2,1-3H3. The van der Waals surface area contributed by atoms with Crippen molar-refractivity contribution in [3.05, 3.63) is 72.0 Å². The molecule has 126 valence electrons. The predicted molar refractivity (Wildman–Crippen MR) is 108 cm³/mol. The van der Waals surface area contributed by atoms with Crippen LogP contribution in [0.15, 0.2) is 60.7 Å². The zero-order valence-corrected chi connectivity index (χ0v) is 15.1. The molecule has 0 aliphatic heterocycles. The number of hydrogen-bond donors (Lipinski definition) is 1. The van der Waals surface area contributed by atoms with Gasteiger partial charge in [-0.2, -0.15) is 0 Å². The maximum atomic E-state index is 6.03. The van der Waals surface area contributed by atoms with E-state index >= 15 is 0 Å². The summed E-state index contributed by atoms with van der Waals surface area (Å²) in [6.07, 6.45) is 9.71. The molecule has 0 bridgehead atoms. The lowest BCUT2D eigenvalue weighted by atomic mass is 9.78. The first kappa shape index (κ1) is 15.9. The highest BCUT2D eigenvalue weighted by atomic mass is 14.7. The number of allylic oxidation sites excluding steroid dienone is 4. The number of pyridine rings is 1. The minimum atomic E-state index is -0.0958. The van der Waals surface area contributed by atoms with Crippen LogP contribution in [0.2, 0.25) is 0 Å². The van der Waals surface area contributed by atoms with Gasteiger partial charge in [-0.3, -0.25) is 4.98 Å². The van der Waals surface area contributed by atoms with Crippen LogP contribution in [-0.2, 0) is 5.41 Å². The summed E-state index contributed by atoms with van der Waals surface area (Å²) in [5.74, 6) is 0.494. The van der Waals surface area contributed by atoms with E-state index in [0.717, 1.165) is 23.3 Å². The molecule has 3 aromatic rings. The minimum absolute atomic E-state index is 0.0958. The van der Waals surface area contributed by atoms with Gasteiger partial charge >= 0.3 is 0 Å². The molecule has 2 nitrogen and oxygen atoms in total. The summed E-state index contributed by atoms with van der Waals surface area (Å²) >= 11 is 0. The fourth-order valence-corrected chi connectivity index (χ4v) is 3.74. The summed E-state index contributed by atoms with van der Waals surface area (Å²) in [6, 6.07) is 12.9. The van der Waals surface area contributed by atoms with Gasteiger partial charge in [-0.15, -0.1) is 0 Å². The molecule has 4 rings (SSSR count). The van der Waals surface area contributed by atoms with E-state index in [9.17, 15) is 0 Å². The molecule has 1 atom stereocenters. The Balaban J connectivity index is 2.11. The Morgan fingerprint density at radius 1 is 1.00 bits per heavy atom. The number of nitrogens with two attached hydrogens (primary N) is 1. The van der Waals surface area contributed by atoms with Crippen molar-refractivity contribution in [2.75, 3.05) is 5.73 Å². The topological polar surface area (TPSA) is 38.9 Å². The molecule has 1 aromatic heterocycles. The molecular weight excluding hydrogens is 304 g/mol. The highest BCUT2D eigenvalue weighted by Crippen LogP contribution is 2.39. The molecule has 0 amide bonds. The summed E-state index contributed by atoms with van der Waals surface area (Å²) in [4.78, 5) is 5.09. The second-order valence-electron chi connectivity index (χ2n) is 7.61. The van der Waals surface area contributed by atoms with Crippen LogP contribution in [-0.4, -0.2) is 4.98 Å². The average molecular weight is 328 g/mol. The van der Waals surface area contributed by atoms with Crippen molar-refractivity contribution in [1.29, 1.82) is 0 Å². The molecular formula is C23H24N2. The van der Waals surface area contributed by atoms with E-state index in [1.165, 1.54) is 21.7 Å². The van der Waals surface area contributed by atoms with Crippen molar-refractivity contribution < 1.29 is 0 Å². The molecule has 1 aliphatic rings. The van der Waals surface area contributed by atoms with Crippen LogP contribution >= 0.6 is 0 Å². The number of nitrogens with zero attached hydrogens (tertiary/aromatic N) is 1. The van der Waals surface area contributed by atoms with Gasteiger partial charge in [-0.05, 0) is 41.5 Å². The van der Waals surface area contributed by atoms with Crippen LogP contribution in [0.1, 0.15) is 44.4 Å². The molecule has 25 heavy (non-hydrogen) atoms. The van der Waals surface area contributed by atoms with E-state index in [2.05, 4.69) is 69.3 Å². The lowest BCUT2D eigenvalue weighted by Crippen LogP contribution is -2.21. The zero-order valence-electron chi connectivity index (χ0n) is 15.1. The molecule has 1 unspecified atom stereocenters. The third kappa shape index (κ3) is 2.62. The first-order valence-electron chi connectivity index (χ1n) is 8.96. The Hall–Kier alpha value is -2.61. The van der Waals surface area contributed by atoms with Crippen LogP contribution in [0.25, 0.3) is 21.7 Å². The van der Waals surface area contributed by atoms with E-state index in [4.69, 9.17) is 10.7 Å². The van der Waals surface area contributed by atoms with Crippen molar-refractivity contribution in [2.45, 2.75) is 38.5 Å². The van der Waals surface area contributed by atoms with Crippen LogP contribution < -0.4 is 5.73 Å². The Morgan fingerprint density at radius 3 is 2.52 bits per heavy atom. The Labute approximate surface area is 149 Å². The lowest BCUT2D eigenvalue weighted by Gasteiger charge is -2.28. The maximum Gasteiger partial charge on any atom is 0.0732 e. The van der Waals surface area contributed by atoms with Crippen LogP contribution in [0.3, 0.4) is 0 Å². The first-order valence-corrected chi connectivity index (χ1v) is 8.96. The number of hydrogen-bond acceptors (Lipinski definition) is 2. The van der Waals surface area contributed by atoms with E-state index in [1.54, 1.807) is 0 Å². The maximum absolute atomic E-state index is 6.03. The highest BCUT2D eigenvalue weighted by Gasteiger charge is 2.28. The summed E-state index contributed by atoms with van der Waals surface area (Å²) in [6.45, 7) is 6.75. The van der Waals surface area contributed by atoms with Gasteiger partial charge in [0.05, 0.1) is 11.2 Å². The third-order valence-corrected chi connectivity index (χ3v) is 5.30. The van der Waals surface area contributed by atoms with Gasteiger partial charge < -0.3 is 5.73 Å². The predicted octanol–water partition coefficient (Wildman–Crippen LogP) is 5.87. The molecule has 1 aliphatic carbocycles. The second-order valence-corrected chi connectivity index (χ2v) is 7.61. The smallest absolute Gasteiger partial charge is 0.0732 e. The van der Waals surface area contributed by atoms with Gasteiger partial charge in [0.2, 0.25) is 0 Å². The Bertz CT molecular complexity index is 1030. The van der Waals surface area contributed by atoms with Crippen molar-refractivity contribution in [3.63, 3.8) is 0 Å². The van der Waals surface area contributed by atoms with Gasteiger partial charge in [0.1, 0.15) is 0 Å². The number of rotatable bonds is 2. The molecule has 0 radical (unpaired) electrons. The van der Waals surface area contributed by atoms with Crippen molar-refractivity contribution >= 4 is 27.4 Å². The molecule has 2 heteroatoms. The summed E-state index contributed by atoms with van der Waals surface area (Å²) in [5.41, 5.74) is 10.2. The second kappa shape index (κ2) is 5.73. The Morgan fingerprint density at radius 2 is 1.80 bits per heavy atom. The highest BCUT2D eigenvalue weighted by molar-refractivity contribution is 6.08. The van der Waals surface area contributed by atoms with Gasteiger partial charge in [-0.25, -0.2) is 0 Å². The summed E-state index contributed by atoms with van der Waals surface area (Å²) < 4.78 is 0. The number of nitrogen functional groups attached to an aromatic ring is 1. The monoisotopic (exact) mass is 328 g/mol. The van der Waals surface area contributed by atoms with Crippen molar-refractivity contribution in [3.8, 4) is 0 Å².